The Kier molecular flexibility index (Phi) is 6.73. The fraction of sp³-hybridized carbons (Fsp3) is 0.588. The summed E-state index contributed by atoms with van der Waals surface area (Å²) in [4.78, 5) is 11.4. The van der Waals surface area contributed by atoms with Crippen LogP contribution in [-0.2, 0) is 11.2 Å². The van der Waals surface area contributed by atoms with Crippen molar-refractivity contribution >= 4 is 5.97 Å². The van der Waals surface area contributed by atoms with Gasteiger partial charge in [-0.3, -0.25) is 4.79 Å². The molecule has 0 aliphatic heterocycles. The van der Waals surface area contributed by atoms with Crippen molar-refractivity contribution in [2.45, 2.75) is 40.2 Å². The smallest absolute Gasteiger partial charge is 0.321 e. The van der Waals surface area contributed by atoms with Gasteiger partial charge in [0.1, 0.15) is 6.04 Å². The Labute approximate surface area is 122 Å². The first kappa shape index (κ1) is 16.7. The quantitative estimate of drug-likeness (QED) is 0.767. The largest absolute Gasteiger partial charge is 0.480 e. The van der Waals surface area contributed by atoms with Crippen LogP contribution < -0.4 is 5.32 Å². The zero-order valence-electron chi connectivity index (χ0n) is 13.0. The van der Waals surface area contributed by atoms with Gasteiger partial charge in [-0.15, -0.1) is 0 Å². The van der Waals surface area contributed by atoms with Gasteiger partial charge in [0.15, 0.2) is 0 Å². The normalized spacial score (nSPS) is 13.2. The number of hydrogen-bond acceptors (Lipinski definition) is 2. The summed E-state index contributed by atoms with van der Waals surface area (Å²) in [6, 6.07) is 9.26. The molecule has 1 aromatic rings. The minimum atomic E-state index is -0.778. The number of carbonyl (C=O) groups is 1. The maximum absolute atomic E-state index is 11.4. The van der Waals surface area contributed by atoms with Crippen LogP contribution in [0.15, 0.2) is 30.3 Å². The van der Waals surface area contributed by atoms with E-state index in [9.17, 15) is 9.90 Å². The SMILES string of the molecule is CC(C)C(CN[C@@H](Cc1ccccc1)C(=O)O)C(C)C. The molecule has 0 fully saturated rings. The van der Waals surface area contributed by atoms with Crippen LogP contribution in [0.3, 0.4) is 0 Å². The molecule has 0 unspecified atom stereocenters. The summed E-state index contributed by atoms with van der Waals surface area (Å²) in [7, 11) is 0. The summed E-state index contributed by atoms with van der Waals surface area (Å²) in [6.45, 7) is 9.52. The van der Waals surface area contributed by atoms with Crippen LogP contribution in [0, 0.1) is 17.8 Å². The van der Waals surface area contributed by atoms with Crippen molar-refractivity contribution in [3.63, 3.8) is 0 Å². The van der Waals surface area contributed by atoms with E-state index in [0.29, 0.717) is 24.2 Å². The molecule has 0 radical (unpaired) electrons. The molecule has 0 aliphatic rings. The highest BCUT2D eigenvalue weighted by Crippen LogP contribution is 2.19. The molecule has 0 heterocycles. The average Bonchev–Trinajstić information content (AvgIpc) is 2.37. The lowest BCUT2D eigenvalue weighted by Crippen LogP contribution is -2.42. The maximum Gasteiger partial charge on any atom is 0.321 e. The van der Waals surface area contributed by atoms with Crippen LogP contribution in [0.25, 0.3) is 0 Å². The summed E-state index contributed by atoms with van der Waals surface area (Å²) in [5.41, 5.74) is 1.05. The third-order valence-electron chi connectivity index (χ3n) is 3.89. The molecule has 0 saturated heterocycles. The van der Waals surface area contributed by atoms with Crippen LogP contribution in [0.1, 0.15) is 33.3 Å². The molecule has 0 bridgehead atoms. The summed E-state index contributed by atoms with van der Waals surface area (Å²) in [5, 5.41) is 12.6. The van der Waals surface area contributed by atoms with Gasteiger partial charge >= 0.3 is 5.97 Å². The lowest BCUT2D eigenvalue weighted by molar-refractivity contribution is -0.139. The molecule has 0 aliphatic carbocycles. The zero-order chi connectivity index (χ0) is 15.1. The Morgan fingerprint density at radius 2 is 1.65 bits per heavy atom. The van der Waals surface area contributed by atoms with E-state index >= 15 is 0 Å². The fourth-order valence-corrected chi connectivity index (χ4v) is 2.62. The first-order chi connectivity index (χ1) is 9.41. The second kappa shape index (κ2) is 8.05. The Morgan fingerprint density at radius 1 is 1.10 bits per heavy atom. The number of benzene rings is 1. The molecule has 1 rings (SSSR count). The van der Waals surface area contributed by atoms with Gasteiger partial charge < -0.3 is 10.4 Å². The highest BCUT2D eigenvalue weighted by Gasteiger charge is 2.22. The van der Waals surface area contributed by atoms with Crippen molar-refractivity contribution in [3.05, 3.63) is 35.9 Å². The standard InChI is InChI=1S/C17H27NO2/c1-12(2)15(13(3)4)11-18-16(17(19)20)10-14-8-6-5-7-9-14/h5-9,12-13,15-16,18H,10-11H2,1-4H3,(H,19,20)/t16-/m0/s1. The predicted octanol–water partition coefficient (Wildman–Crippen LogP) is 3.20. The molecular formula is C17H27NO2. The summed E-state index contributed by atoms with van der Waals surface area (Å²) in [5.74, 6) is 0.815. The predicted molar refractivity (Wildman–Crippen MR) is 82.7 cm³/mol. The molecule has 2 N–H and O–H groups in total. The van der Waals surface area contributed by atoms with Crippen molar-refractivity contribution in [2.75, 3.05) is 6.54 Å². The van der Waals surface area contributed by atoms with Crippen molar-refractivity contribution in [1.29, 1.82) is 0 Å². The molecule has 1 atom stereocenters. The summed E-state index contributed by atoms with van der Waals surface area (Å²) >= 11 is 0. The lowest BCUT2D eigenvalue weighted by Gasteiger charge is -2.27. The molecule has 20 heavy (non-hydrogen) atoms. The van der Waals surface area contributed by atoms with Crippen LogP contribution >= 0.6 is 0 Å². The fourth-order valence-electron chi connectivity index (χ4n) is 2.62. The van der Waals surface area contributed by atoms with Crippen molar-refractivity contribution < 1.29 is 9.90 Å². The number of aliphatic carboxylic acids is 1. The highest BCUT2D eigenvalue weighted by atomic mass is 16.4. The van der Waals surface area contributed by atoms with E-state index in [4.69, 9.17) is 0 Å². The van der Waals surface area contributed by atoms with E-state index in [1.54, 1.807) is 0 Å². The first-order valence-electron chi connectivity index (χ1n) is 7.42. The second-order valence-corrected chi connectivity index (χ2v) is 6.14. The Hall–Kier alpha value is -1.35. The molecule has 3 heteroatoms. The number of hydrogen-bond donors (Lipinski definition) is 2. The number of carboxylic acids is 1. The highest BCUT2D eigenvalue weighted by molar-refractivity contribution is 5.73. The van der Waals surface area contributed by atoms with E-state index in [2.05, 4.69) is 33.0 Å². The first-order valence-corrected chi connectivity index (χ1v) is 7.42. The Bertz CT molecular complexity index is 393. The van der Waals surface area contributed by atoms with Gasteiger partial charge in [-0.05, 0) is 36.3 Å². The van der Waals surface area contributed by atoms with Crippen molar-refractivity contribution in [3.8, 4) is 0 Å². The average molecular weight is 277 g/mol. The van der Waals surface area contributed by atoms with Gasteiger partial charge in [-0.2, -0.15) is 0 Å². The van der Waals surface area contributed by atoms with Gasteiger partial charge in [-0.25, -0.2) is 0 Å². The number of nitrogens with one attached hydrogen (secondary N) is 1. The van der Waals surface area contributed by atoms with Gasteiger partial charge in [0.05, 0.1) is 0 Å². The van der Waals surface area contributed by atoms with Gasteiger partial charge in [0.2, 0.25) is 0 Å². The van der Waals surface area contributed by atoms with Crippen LogP contribution in [0.5, 0.6) is 0 Å². The van der Waals surface area contributed by atoms with E-state index < -0.39 is 12.0 Å². The monoisotopic (exact) mass is 277 g/mol. The molecule has 3 nitrogen and oxygen atoms in total. The molecule has 112 valence electrons. The molecule has 0 saturated carbocycles. The van der Waals surface area contributed by atoms with Crippen LogP contribution in [0.4, 0.5) is 0 Å². The van der Waals surface area contributed by atoms with E-state index in [-0.39, 0.29) is 0 Å². The third kappa shape index (κ3) is 5.33. The summed E-state index contributed by atoms with van der Waals surface area (Å²) < 4.78 is 0. The Morgan fingerprint density at radius 3 is 2.10 bits per heavy atom. The van der Waals surface area contributed by atoms with Crippen molar-refractivity contribution in [1.82, 2.24) is 5.32 Å². The van der Waals surface area contributed by atoms with Crippen LogP contribution in [-0.4, -0.2) is 23.7 Å². The second-order valence-electron chi connectivity index (χ2n) is 6.14. The molecule has 1 aromatic carbocycles. The third-order valence-corrected chi connectivity index (χ3v) is 3.89. The van der Waals surface area contributed by atoms with E-state index in [1.165, 1.54) is 0 Å². The van der Waals surface area contributed by atoms with E-state index in [0.717, 1.165) is 12.1 Å². The molecule has 0 amide bonds. The van der Waals surface area contributed by atoms with E-state index in [1.807, 2.05) is 30.3 Å². The molecule has 0 aromatic heterocycles. The van der Waals surface area contributed by atoms with Gasteiger partial charge in [0.25, 0.3) is 0 Å². The molecular weight excluding hydrogens is 250 g/mol. The lowest BCUT2D eigenvalue weighted by atomic mass is 9.85. The number of carboxylic acid groups (broad SMARTS) is 1. The molecule has 0 spiro atoms. The zero-order valence-corrected chi connectivity index (χ0v) is 13.0. The maximum atomic E-state index is 11.4. The van der Waals surface area contributed by atoms with Gasteiger partial charge in [0, 0.05) is 0 Å². The minimum absolute atomic E-state index is 0.493. The Balaban J connectivity index is 2.62. The van der Waals surface area contributed by atoms with Gasteiger partial charge in [-0.1, -0.05) is 58.0 Å². The van der Waals surface area contributed by atoms with Crippen LogP contribution in [0.2, 0.25) is 0 Å². The minimum Gasteiger partial charge on any atom is -0.480 e. The summed E-state index contributed by atoms with van der Waals surface area (Å²) in [6.07, 6.45) is 0.527. The number of rotatable bonds is 8. The van der Waals surface area contributed by atoms with Crippen molar-refractivity contribution in [2.24, 2.45) is 17.8 Å². The topological polar surface area (TPSA) is 49.3 Å².